The molecular formula is C19H21BrN2O2. The van der Waals surface area contributed by atoms with Crippen molar-refractivity contribution in [2.45, 2.75) is 0 Å². The maximum atomic E-state index is 12.4. The van der Waals surface area contributed by atoms with Gasteiger partial charge >= 0.3 is 0 Å². The molecule has 0 saturated carbocycles. The summed E-state index contributed by atoms with van der Waals surface area (Å²) in [5.74, 6) is 1.07. The molecule has 3 rings (SSSR count). The topological polar surface area (TPSA) is 32.8 Å². The second-order valence-corrected chi connectivity index (χ2v) is 6.78. The quantitative estimate of drug-likeness (QED) is 0.734. The predicted molar refractivity (Wildman–Crippen MR) is 100 cm³/mol. The molecule has 0 amide bonds. The number of carbonyl (C=O) groups excluding carboxylic acids is 1. The zero-order chi connectivity index (χ0) is 16.9. The summed E-state index contributed by atoms with van der Waals surface area (Å²) in [7, 11) is 1.70. The van der Waals surface area contributed by atoms with E-state index in [1.165, 1.54) is 0 Å². The largest absolute Gasteiger partial charge is 0.495 e. The maximum absolute atomic E-state index is 12.4. The van der Waals surface area contributed by atoms with Crippen LogP contribution in [0.2, 0.25) is 0 Å². The molecular weight excluding hydrogens is 368 g/mol. The zero-order valence-corrected chi connectivity index (χ0v) is 15.3. The van der Waals surface area contributed by atoms with E-state index in [0.29, 0.717) is 6.54 Å². The van der Waals surface area contributed by atoms with Gasteiger partial charge in [-0.3, -0.25) is 9.69 Å². The molecule has 126 valence electrons. The van der Waals surface area contributed by atoms with Crippen LogP contribution in [0.15, 0.2) is 53.0 Å². The van der Waals surface area contributed by atoms with E-state index in [4.69, 9.17) is 4.74 Å². The molecule has 2 aromatic rings. The lowest BCUT2D eigenvalue weighted by Gasteiger charge is -2.36. The number of rotatable bonds is 5. The number of Topliss-reactive ketones (excluding diaryl/α,β-unsaturated/α-hetero) is 1. The minimum absolute atomic E-state index is 0.174. The monoisotopic (exact) mass is 388 g/mol. The molecule has 4 nitrogen and oxygen atoms in total. The van der Waals surface area contributed by atoms with Crippen molar-refractivity contribution in [3.05, 3.63) is 58.6 Å². The Morgan fingerprint density at radius 3 is 2.38 bits per heavy atom. The molecule has 0 aliphatic carbocycles. The number of ether oxygens (including phenoxy) is 1. The third-order valence-electron chi connectivity index (χ3n) is 4.33. The van der Waals surface area contributed by atoms with E-state index in [9.17, 15) is 4.79 Å². The van der Waals surface area contributed by atoms with Gasteiger partial charge in [-0.1, -0.05) is 40.2 Å². The molecule has 2 aromatic carbocycles. The summed E-state index contributed by atoms with van der Waals surface area (Å²) in [6, 6.07) is 15.6. The van der Waals surface area contributed by atoms with Crippen LogP contribution in [-0.4, -0.2) is 50.5 Å². The van der Waals surface area contributed by atoms with Gasteiger partial charge in [0, 0.05) is 36.2 Å². The van der Waals surface area contributed by atoms with Gasteiger partial charge in [-0.25, -0.2) is 0 Å². The van der Waals surface area contributed by atoms with Gasteiger partial charge in [-0.05, 0) is 24.3 Å². The van der Waals surface area contributed by atoms with Gasteiger partial charge < -0.3 is 9.64 Å². The maximum Gasteiger partial charge on any atom is 0.176 e. The molecule has 1 aliphatic rings. The molecule has 0 bridgehead atoms. The van der Waals surface area contributed by atoms with Crippen LogP contribution < -0.4 is 9.64 Å². The first-order valence-electron chi connectivity index (χ1n) is 8.06. The molecule has 24 heavy (non-hydrogen) atoms. The van der Waals surface area contributed by atoms with Crippen LogP contribution in [0.1, 0.15) is 10.4 Å². The van der Waals surface area contributed by atoms with Crippen molar-refractivity contribution in [3.63, 3.8) is 0 Å². The van der Waals surface area contributed by atoms with E-state index in [2.05, 4.69) is 31.8 Å². The van der Waals surface area contributed by atoms with Crippen molar-refractivity contribution in [1.82, 2.24) is 4.90 Å². The SMILES string of the molecule is COc1ccccc1N1CCN(CC(=O)c2ccc(Br)cc2)CC1. The average molecular weight is 389 g/mol. The van der Waals surface area contributed by atoms with Crippen LogP contribution in [0.4, 0.5) is 5.69 Å². The van der Waals surface area contributed by atoms with Crippen molar-refractivity contribution in [2.24, 2.45) is 0 Å². The number of anilines is 1. The van der Waals surface area contributed by atoms with Crippen molar-refractivity contribution >= 4 is 27.4 Å². The number of methoxy groups -OCH3 is 1. The lowest BCUT2D eigenvalue weighted by atomic mass is 10.1. The van der Waals surface area contributed by atoms with Crippen LogP contribution in [0.25, 0.3) is 0 Å². The second kappa shape index (κ2) is 7.81. The van der Waals surface area contributed by atoms with E-state index < -0.39 is 0 Å². The molecule has 1 heterocycles. The summed E-state index contributed by atoms with van der Waals surface area (Å²) in [5.41, 5.74) is 1.89. The van der Waals surface area contributed by atoms with Gasteiger partial charge in [-0.15, -0.1) is 0 Å². The molecule has 0 atom stereocenters. The summed E-state index contributed by atoms with van der Waals surface area (Å²) in [4.78, 5) is 16.9. The lowest BCUT2D eigenvalue weighted by molar-refractivity contribution is 0.0926. The number of carbonyl (C=O) groups is 1. The Labute approximate surface area is 151 Å². The van der Waals surface area contributed by atoms with Crippen LogP contribution in [0.3, 0.4) is 0 Å². The van der Waals surface area contributed by atoms with Crippen molar-refractivity contribution in [1.29, 1.82) is 0 Å². The first-order chi connectivity index (χ1) is 11.7. The Morgan fingerprint density at radius 1 is 1.04 bits per heavy atom. The molecule has 0 radical (unpaired) electrons. The van der Waals surface area contributed by atoms with Gasteiger partial charge in [0.2, 0.25) is 0 Å². The van der Waals surface area contributed by atoms with Crippen LogP contribution in [-0.2, 0) is 0 Å². The van der Waals surface area contributed by atoms with E-state index in [0.717, 1.165) is 47.7 Å². The van der Waals surface area contributed by atoms with Gasteiger partial charge in [0.1, 0.15) is 5.75 Å². The van der Waals surface area contributed by atoms with E-state index in [-0.39, 0.29) is 5.78 Å². The molecule has 1 saturated heterocycles. The number of piperazine rings is 1. The molecule has 1 aliphatic heterocycles. The highest BCUT2D eigenvalue weighted by atomic mass is 79.9. The van der Waals surface area contributed by atoms with Gasteiger partial charge in [0.05, 0.1) is 19.3 Å². The number of para-hydroxylation sites is 2. The Kier molecular flexibility index (Phi) is 5.53. The Balaban J connectivity index is 1.57. The van der Waals surface area contributed by atoms with Gasteiger partial charge in [0.25, 0.3) is 0 Å². The number of ketones is 1. The minimum atomic E-state index is 0.174. The molecule has 5 heteroatoms. The zero-order valence-electron chi connectivity index (χ0n) is 13.7. The Bertz CT molecular complexity index is 695. The number of hydrogen-bond donors (Lipinski definition) is 0. The summed E-state index contributed by atoms with van der Waals surface area (Å²) in [5, 5.41) is 0. The van der Waals surface area contributed by atoms with E-state index in [1.807, 2.05) is 42.5 Å². The van der Waals surface area contributed by atoms with Crippen molar-refractivity contribution < 1.29 is 9.53 Å². The molecule has 0 spiro atoms. The number of hydrogen-bond acceptors (Lipinski definition) is 4. The van der Waals surface area contributed by atoms with Crippen LogP contribution >= 0.6 is 15.9 Å². The fourth-order valence-corrected chi connectivity index (χ4v) is 3.23. The normalized spacial score (nSPS) is 15.3. The van der Waals surface area contributed by atoms with Gasteiger partial charge in [0.15, 0.2) is 5.78 Å². The van der Waals surface area contributed by atoms with Crippen LogP contribution in [0.5, 0.6) is 5.75 Å². The molecule has 0 N–H and O–H groups in total. The summed E-state index contributed by atoms with van der Waals surface area (Å²) >= 11 is 3.40. The third kappa shape index (κ3) is 3.97. The fourth-order valence-electron chi connectivity index (χ4n) is 2.97. The highest BCUT2D eigenvalue weighted by Gasteiger charge is 2.21. The fraction of sp³-hybridized carbons (Fsp3) is 0.316. The molecule has 0 aromatic heterocycles. The molecule has 1 fully saturated rings. The van der Waals surface area contributed by atoms with Crippen LogP contribution in [0, 0.1) is 0 Å². The first-order valence-corrected chi connectivity index (χ1v) is 8.86. The summed E-state index contributed by atoms with van der Waals surface area (Å²) in [6.07, 6.45) is 0. The minimum Gasteiger partial charge on any atom is -0.495 e. The smallest absolute Gasteiger partial charge is 0.176 e. The van der Waals surface area contributed by atoms with Crippen molar-refractivity contribution in [3.8, 4) is 5.75 Å². The summed E-state index contributed by atoms with van der Waals surface area (Å²) < 4.78 is 6.43. The second-order valence-electron chi connectivity index (χ2n) is 5.87. The molecule has 0 unspecified atom stereocenters. The van der Waals surface area contributed by atoms with Gasteiger partial charge in [-0.2, -0.15) is 0 Å². The standard InChI is InChI=1S/C19H21BrN2O2/c1-24-19-5-3-2-4-17(19)22-12-10-21(11-13-22)14-18(23)15-6-8-16(20)9-7-15/h2-9H,10-14H2,1H3. The van der Waals surface area contributed by atoms with Crippen molar-refractivity contribution in [2.75, 3.05) is 44.7 Å². The summed E-state index contributed by atoms with van der Waals surface area (Å²) in [6.45, 7) is 4.02. The third-order valence-corrected chi connectivity index (χ3v) is 4.86. The first kappa shape index (κ1) is 17.0. The highest BCUT2D eigenvalue weighted by Crippen LogP contribution is 2.28. The predicted octanol–water partition coefficient (Wildman–Crippen LogP) is 3.46. The lowest BCUT2D eigenvalue weighted by Crippen LogP contribution is -2.48. The highest BCUT2D eigenvalue weighted by molar-refractivity contribution is 9.10. The number of nitrogens with zero attached hydrogens (tertiary/aromatic N) is 2. The average Bonchev–Trinajstić information content (AvgIpc) is 2.63. The van der Waals surface area contributed by atoms with E-state index >= 15 is 0 Å². The Hall–Kier alpha value is -1.85. The number of benzene rings is 2. The number of halogens is 1. The van der Waals surface area contributed by atoms with E-state index in [1.54, 1.807) is 7.11 Å². The Morgan fingerprint density at radius 2 is 1.71 bits per heavy atom.